The predicted molar refractivity (Wildman–Crippen MR) is 62.5 cm³/mol. The molecule has 0 atom stereocenters. The average molecular weight is 205 g/mol. The van der Waals surface area contributed by atoms with Crippen LogP contribution in [0, 0.1) is 5.92 Å². The number of ketones is 1. The first kappa shape index (κ1) is 11.9. The number of benzene rings is 1. The predicted octanol–water partition coefficient (Wildman–Crippen LogP) is 2.30. The number of nitrogens with two attached hydrogens (primary N) is 1. The summed E-state index contributed by atoms with van der Waals surface area (Å²) in [5.41, 5.74) is 7.98. The second kappa shape index (κ2) is 5.66. The molecular formula is C13H19NO. The molecule has 0 aliphatic carbocycles. The Morgan fingerprint density at radius 2 is 1.87 bits per heavy atom. The highest BCUT2D eigenvalue weighted by atomic mass is 16.1. The Hall–Kier alpha value is -1.15. The van der Waals surface area contributed by atoms with E-state index in [0.29, 0.717) is 18.7 Å². The van der Waals surface area contributed by atoms with Crippen LogP contribution in [0.1, 0.15) is 31.4 Å². The molecule has 0 saturated carbocycles. The molecule has 2 heteroatoms. The van der Waals surface area contributed by atoms with Crippen molar-refractivity contribution < 1.29 is 4.79 Å². The standard InChI is InChI=1S/C13H19NO/c1-10(2)13(15)8-7-11-5-3-4-6-12(11)9-14/h3-6,10H,7-9,14H2,1-2H3. The first-order chi connectivity index (χ1) is 7.15. The van der Waals surface area contributed by atoms with Crippen LogP contribution in [0.2, 0.25) is 0 Å². The van der Waals surface area contributed by atoms with Crippen molar-refractivity contribution in [2.24, 2.45) is 11.7 Å². The summed E-state index contributed by atoms with van der Waals surface area (Å²) in [6.45, 7) is 4.43. The van der Waals surface area contributed by atoms with Gasteiger partial charge in [-0.1, -0.05) is 38.1 Å². The minimum atomic E-state index is 0.134. The lowest BCUT2D eigenvalue weighted by atomic mass is 9.98. The van der Waals surface area contributed by atoms with Gasteiger partial charge in [0.25, 0.3) is 0 Å². The molecule has 0 aromatic heterocycles. The fraction of sp³-hybridized carbons (Fsp3) is 0.462. The zero-order valence-electron chi connectivity index (χ0n) is 9.49. The number of hydrogen-bond donors (Lipinski definition) is 1. The van der Waals surface area contributed by atoms with E-state index in [1.807, 2.05) is 32.0 Å². The Morgan fingerprint density at radius 3 is 2.40 bits per heavy atom. The van der Waals surface area contributed by atoms with Gasteiger partial charge < -0.3 is 5.73 Å². The van der Waals surface area contributed by atoms with Crippen LogP contribution >= 0.6 is 0 Å². The molecule has 0 amide bonds. The molecule has 0 radical (unpaired) electrons. The van der Waals surface area contributed by atoms with Gasteiger partial charge in [0.05, 0.1) is 0 Å². The van der Waals surface area contributed by atoms with Crippen LogP contribution in [-0.4, -0.2) is 5.78 Å². The smallest absolute Gasteiger partial charge is 0.135 e. The Balaban J connectivity index is 2.61. The molecule has 0 unspecified atom stereocenters. The van der Waals surface area contributed by atoms with Gasteiger partial charge in [-0.15, -0.1) is 0 Å². The maximum atomic E-state index is 11.5. The van der Waals surface area contributed by atoms with Gasteiger partial charge in [0.1, 0.15) is 5.78 Å². The van der Waals surface area contributed by atoms with Crippen LogP contribution < -0.4 is 5.73 Å². The molecule has 1 rings (SSSR count). The minimum absolute atomic E-state index is 0.134. The summed E-state index contributed by atoms with van der Waals surface area (Å²) in [7, 11) is 0. The number of carbonyl (C=O) groups is 1. The summed E-state index contributed by atoms with van der Waals surface area (Å²) >= 11 is 0. The van der Waals surface area contributed by atoms with E-state index < -0.39 is 0 Å². The molecule has 0 heterocycles. The molecule has 0 saturated heterocycles. The summed E-state index contributed by atoms with van der Waals surface area (Å²) in [5, 5.41) is 0. The van der Waals surface area contributed by atoms with Crippen molar-refractivity contribution in [1.82, 2.24) is 0 Å². The summed E-state index contributed by atoms with van der Waals surface area (Å²) in [6.07, 6.45) is 1.43. The second-order valence-electron chi connectivity index (χ2n) is 4.09. The van der Waals surface area contributed by atoms with Crippen LogP contribution in [-0.2, 0) is 17.8 Å². The van der Waals surface area contributed by atoms with Gasteiger partial charge in [0.2, 0.25) is 0 Å². The first-order valence-electron chi connectivity index (χ1n) is 5.44. The Labute approximate surface area is 91.5 Å². The van der Waals surface area contributed by atoms with Crippen LogP contribution in [0.4, 0.5) is 0 Å². The zero-order chi connectivity index (χ0) is 11.3. The van der Waals surface area contributed by atoms with E-state index in [0.717, 1.165) is 12.0 Å². The summed E-state index contributed by atoms with van der Waals surface area (Å²) in [5.74, 6) is 0.455. The number of hydrogen-bond acceptors (Lipinski definition) is 2. The Kier molecular flexibility index (Phi) is 4.50. The van der Waals surface area contributed by atoms with Crippen molar-refractivity contribution in [3.05, 3.63) is 35.4 Å². The molecule has 2 nitrogen and oxygen atoms in total. The molecular weight excluding hydrogens is 186 g/mol. The van der Waals surface area contributed by atoms with E-state index in [-0.39, 0.29) is 5.92 Å². The quantitative estimate of drug-likeness (QED) is 0.801. The van der Waals surface area contributed by atoms with E-state index in [2.05, 4.69) is 6.07 Å². The van der Waals surface area contributed by atoms with Crippen molar-refractivity contribution in [2.45, 2.75) is 33.2 Å². The molecule has 82 valence electrons. The normalized spacial score (nSPS) is 10.7. The highest BCUT2D eigenvalue weighted by Gasteiger charge is 2.08. The maximum absolute atomic E-state index is 11.5. The van der Waals surface area contributed by atoms with E-state index in [1.165, 1.54) is 5.56 Å². The van der Waals surface area contributed by atoms with Gasteiger partial charge >= 0.3 is 0 Å². The number of Topliss-reactive ketones (excluding diaryl/α,β-unsaturated/α-hetero) is 1. The second-order valence-corrected chi connectivity index (χ2v) is 4.09. The average Bonchev–Trinajstić information content (AvgIpc) is 2.26. The first-order valence-corrected chi connectivity index (χ1v) is 5.44. The summed E-state index contributed by atoms with van der Waals surface area (Å²) in [6, 6.07) is 8.05. The largest absolute Gasteiger partial charge is 0.326 e. The molecule has 2 N–H and O–H groups in total. The molecule has 0 fully saturated rings. The van der Waals surface area contributed by atoms with Crippen LogP contribution in [0.25, 0.3) is 0 Å². The van der Waals surface area contributed by atoms with E-state index in [4.69, 9.17) is 5.73 Å². The monoisotopic (exact) mass is 205 g/mol. The molecule has 0 aliphatic rings. The number of aryl methyl sites for hydroxylation is 1. The van der Waals surface area contributed by atoms with E-state index >= 15 is 0 Å². The molecule has 1 aromatic rings. The van der Waals surface area contributed by atoms with Crippen molar-refractivity contribution in [1.29, 1.82) is 0 Å². The van der Waals surface area contributed by atoms with Crippen molar-refractivity contribution in [3.8, 4) is 0 Å². The third-order valence-electron chi connectivity index (χ3n) is 2.62. The summed E-state index contributed by atoms with van der Waals surface area (Å²) in [4.78, 5) is 11.5. The van der Waals surface area contributed by atoms with Gasteiger partial charge in [-0.25, -0.2) is 0 Å². The van der Waals surface area contributed by atoms with Crippen LogP contribution in [0.5, 0.6) is 0 Å². The molecule has 0 spiro atoms. The fourth-order valence-corrected chi connectivity index (χ4v) is 1.55. The van der Waals surface area contributed by atoms with Gasteiger partial charge in [0.15, 0.2) is 0 Å². The Morgan fingerprint density at radius 1 is 1.27 bits per heavy atom. The van der Waals surface area contributed by atoms with E-state index in [9.17, 15) is 4.79 Å². The lowest BCUT2D eigenvalue weighted by molar-refractivity contribution is -0.121. The molecule has 1 aromatic carbocycles. The van der Waals surface area contributed by atoms with Gasteiger partial charge in [-0.2, -0.15) is 0 Å². The third-order valence-corrected chi connectivity index (χ3v) is 2.62. The van der Waals surface area contributed by atoms with E-state index in [1.54, 1.807) is 0 Å². The zero-order valence-corrected chi connectivity index (χ0v) is 9.49. The third kappa shape index (κ3) is 3.48. The molecule has 0 bridgehead atoms. The SMILES string of the molecule is CC(C)C(=O)CCc1ccccc1CN. The fourth-order valence-electron chi connectivity index (χ4n) is 1.55. The van der Waals surface area contributed by atoms with Crippen molar-refractivity contribution in [3.63, 3.8) is 0 Å². The van der Waals surface area contributed by atoms with Crippen LogP contribution in [0.3, 0.4) is 0 Å². The molecule has 15 heavy (non-hydrogen) atoms. The minimum Gasteiger partial charge on any atom is -0.326 e. The Bertz CT molecular complexity index is 331. The van der Waals surface area contributed by atoms with Gasteiger partial charge in [-0.05, 0) is 17.5 Å². The maximum Gasteiger partial charge on any atom is 0.135 e. The topological polar surface area (TPSA) is 43.1 Å². The lowest BCUT2D eigenvalue weighted by Crippen LogP contribution is -2.09. The van der Waals surface area contributed by atoms with Crippen molar-refractivity contribution in [2.75, 3.05) is 0 Å². The lowest BCUT2D eigenvalue weighted by Gasteiger charge is -2.08. The highest BCUT2D eigenvalue weighted by molar-refractivity contribution is 5.80. The number of carbonyl (C=O) groups excluding carboxylic acids is 1. The van der Waals surface area contributed by atoms with Crippen molar-refractivity contribution >= 4 is 5.78 Å². The van der Waals surface area contributed by atoms with Gasteiger partial charge in [0, 0.05) is 18.9 Å². The van der Waals surface area contributed by atoms with Gasteiger partial charge in [-0.3, -0.25) is 4.79 Å². The summed E-state index contributed by atoms with van der Waals surface area (Å²) < 4.78 is 0. The number of rotatable bonds is 5. The highest BCUT2D eigenvalue weighted by Crippen LogP contribution is 2.12. The molecule has 0 aliphatic heterocycles. The van der Waals surface area contributed by atoms with Crippen LogP contribution in [0.15, 0.2) is 24.3 Å².